The van der Waals surface area contributed by atoms with Crippen LogP contribution < -0.4 is 0 Å². The van der Waals surface area contributed by atoms with Crippen LogP contribution in [-0.2, 0) is 13.1 Å². The van der Waals surface area contributed by atoms with Gasteiger partial charge in [0.15, 0.2) is 5.82 Å². The number of aromatic nitrogens is 3. The molecular formula is C18H24N4. The van der Waals surface area contributed by atoms with Gasteiger partial charge in [-0.15, -0.1) is 10.2 Å². The van der Waals surface area contributed by atoms with E-state index in [0.29, 0.717) is 0 Å². The lowest BCUT2D eigenvalue weighted by Gasteiger charge is -2.32. The van der Waals surface area contributed by atoms with Crippen LogP contribution in [0.15, 0.2) is 30.3 Å². The van der Waals surface area contributed by atoms with Gasteiger partial charge in [0.2, 0.25) is 0 Å². The monoisotopic (exact) mass is 296 g/mol. The molecule has 0 N–H and O–H groups in total. The Hall–Kier alpha value is -1.68. The van der Waals surface area contributed by atoms with E-state index in [-0.39, 0.29) is 0 Å². The minimum atomic E-state index is 0.900. The summed E-state index contributed by atoms with van der Waals surface area (Å²) in [6.07, 6.45) is 7.11. The SMILES string of the molecule is c1ccc(-c2nnc3n2CCN(CC2CCCCC2)C3)cc1. The van der Waals surface area contributed by atoms with Gasteiger partial charge in [0.05, 0.1) is 6.54 Å². The number of rotatable bonds is 3. The lowest BCUT2D eigenvalue weighted by Crippen LogP contribution is -2.37. The van der Waals surface area contributed by atoms with Crippen molar-refractivity contribution in [1.29, 1.82) is 0 Å². The normalized spacial score (nSPS) is 20.0. The molecule has 1 saturated carbocycles. The summed E-state index contributed by atoms with van der Waals surface area (Å²) < 4.78 is 2.30. The largest absolute Gasteiger partial charge is 0.309 e. The smallest absolute Gasteiger partial charge is 0.164 e. The van der Waals surface area contributed by atoms with Crippen LogP contribution in [-0.4, -0.2) is 32.8 Å². The third-order valence-electron chi connectivity index (χ3n) is 5.11. The first kappa shape index (κ1) is 13.9. The molecule has 4 rings (SSSR count). The standard InChI is InChI=1S/C18H24N4/c1-3-7-15(8-4-1)13-21-11-12-22-17(14-21)19-20-18(22)16-9-5-2-6-10-16/h2,5-6,9-10,15H,1,3-4,7-8,11-14H2. The molecular weight excluding hydrogens is 272 g/mol. The molecule has 1 aromatic carbocycles. The van der Waals surface area contributed by atoms with Crippen LogP contribution >= 0.6 is 0 Å². The molecule has 0 atom stereocenters. The molecule has 0 spiro atoms. The third kappa shape index (κ3) is 2.80. The van der Waals surface area contributed by atoms with Gasteiger partial charge in [-0.05, 0) is 18.8 Å². The van der Waals surface area contributed by atoms with E-state index in [0.717, 1.165) is 37.2 Å². The quantitative estimate of drug-likeness (QED) is 0.871. The first-order valence-corrected chi connectivity index (χ1v) is 8.60. The fourth-order valence-corrected chi connectivity index (χ4v) is 3.90. The van der Waals surface area contributed by atoms with Gasteiger partial charge in [0.1, 0.15) is 5.82 Å². The Bertz CT molecular complexity index is 613. The lowest BCUT2D eigenvalue weighted by molar-refractivity contribution is 0.165. The fraction of sp³-hybridized carbons (Fsp3) is 0.556. The summed E-state index contributed by atoms with van der Waals surface area (Å²) in [6, 6.07) is 10.4. The number of benzene rings is 1. The molecule has 22 heavy (non-hydrogen) atoms. The summed E-state index contributed by atoms with van der Waals surface area (Å²) >= 11 is 0. The van der Waals surface area contributed by atoms with Crippen molar-refractivity contribution in [3.05, 3.63) is 36.2 Å². The van der Waals surface area contributed by atoms with Crippen LogP contribution in [0.1, 0.15) is 37.9 Å². The summed E-state index contributed by atoms with van der Waals surface area (Å²) in [4.78, 5) is 2.58. The second-order valence-corrected chi connectivity index (χ2v) is 6.70. The fourth-order valence-electron chi connectivity index (χ4n) is 3.90. The molecule has 4 heteroatoms. The zero-order chi connectivity index (χ0) is 14.8. The van der Waals surface area contributed by atoms with Crippen molar-refractivity contribution in [1.82, 2.24) is 19.7 Å². The molecule has 116 valence electrons. The van der Waals surface area contributed by atoms with Crippen LogP contribution in [0.2, 0.25) is 0 Å². The van der Waals surface area contributed by atoms with Crippen molar-refractivity contribution in [2.24, 2.45) is 5.92 Å². The zero-order valence-electron chi connectivity index (χ0n) is 13.1. The summed E-state index contributed by atoms with van der Waals surface area (Å²) in [7, 11) is 0. The number of nitrogens with zero attached hydrogens (tertiary/aromatic N) is 4. The Morgan fingerprint density at radius 1 is 0.955 bits per heavy atom. The summed E-state index contributed by atoms with van der Waals surface area (Å²) in [5.41, 5.74) is 1.17. The molecule has 1 aliphatic carbocycles. The molecule has 1 aromatic heterocycles. The van der Waals surface area contributed by atoms with E-state index in [1.165, 1.54) is 44.2 Å². The number of fused-ring (bicyclic) bond motifs is 1. The number of hydrogen-bond acceptors (Lipinski definition) is 3. The maximum atomic E-state index is 4.45. The van der Waals surface area contributed by atoms with Gasteiger partial charge in [0, 0.05) is 25.2 Å². The molecule has 0 unspecified atom stereocenters. The molecule has 0 radical (unpaired) electrons. The second-order valence-electron chi connectivity index (χ2n) is 6.70. The zero-order valence-corrected chi connectivity index (χ0v) is 13.1. The minimum Gasteiger partial charge on any atom is -0.309 e. The van der Waals surface area contributed by atoms with E-state index in [1.807, 2.05) is 6.07 Å². The van der Waals surface area contributed by atoms with E-state index >= 15 is 0 Å². The van der Waals surface area contributed by atoms with Crippen LogP contribution in [0.3, 0.4) is 0 Å². The first-order chi connectivity index (χ1) is 10.9. The molecule has 1 aliphatic heterocycles. The van der Waals surface area contributed by atoms with Crippen molar-refractivity contribution in [3.63, 3.8) is 0 Å². The van der Waals surface area contributed by atoms with E-state index in [9.17, 15) is 0 Å². The van der Waals surface area contributed by atoms with Crippen LogP contribution in [0.4, 0.5) is 0 Å². The van der Waals surface area contributed by atoms with Crippen molar-refractivity contribution in [2.75, 3.05) is 13.1 Å². The van der Waals surface area contributed by atoms with Gasteiger partial charge < -0.3 is 4.57 Å². The Kier molecular flexibility index (Phi) is 3.94. The summed E-state index contributed by atoms with van der Waals surface area (Å²) in [5.74, 6) is 3.05. The predicted octanol–water partition coefficient (Wildman–Crippen LogP) is 3.34. The highest BCUT2D eigenvalue weighted by molar-refractivity contribution is 5.55. The van der Waals surface area contributed by atoms with Crippen molar-refractivity contribution < 1.29 is 0 Å². The van der Waals surface area contributed by atoms with Crippen LogP contribution in [0.5, 0.6) is 0 Å². The van der Waals surface area contributed by atoms with Gasteiger partial charge in [-0.2, -0.15) is 0 Å². The summed E-state index contributed by atoms with van der Waals surface area (Å²) in [5, 5.41) is 8.88. The minimum absolute atomic E-state index is 0.900. The molecule has 1 fully saturated rings. The second kappa shape index (κ2) is 6.21. The molecule has 2 heterocycles. The molecule has 4 nitrogen and oxygen atoms in total. The van der Waals surface area contributed by atoms with Gasteiger partial charge >= 0.3 is 0 Å². The van der Waals surface area contributed by atoms with Crippen LogP contribution in [0, 0.1) is 5.92 Å². The van der Waals surface area contributed by atoms with Gasteiger partial charge in [-0.25, -0.2) is 0 Å². The maximum absolute atomic E-state index is 4.45. The van der Waals surface area contributed by atoms with Gasteiger partial charge in [0.25, 0.3) is 0 Å². The average Bonchev–Trinajstić information content (AvgIpc) is 3.00. The van der Waals surface area contributed by atoms with Gasteiger partial charge in [-0.3, -0.25) is 4.90 Å². The Morgan fingerprint density at radius 3 is 2.59 bits per heavy atom. The van der Waals surface area contributed by atoms with E-state index < -0.39 is 0 Å². The lowest BCUT2D eigenvalue weighted by atomic mass is 9.89. The third-order valence-corrected chi connectivity index (χ3v) is 5.11. The van der Waals surface area contributed by atoms with Crippen molar-refractivity contribution >= 4 is 0 Å². The molecule has 0 saturated heterocycles. The van der Waals surface area contributed by atoms with E-state index in [4.69, 9.17) is 0 Å². The molecule has 2 aromatic rings. The van der Waals surface area contributed by atoms with Crippen LogP contribution in [0.25, 0.3) is 11.4 Å². The van der Waals surface area contributed by atoms with Crippen molar-refractivity contribution in [3.8, 4) is 11.4 Å². The predicted molar refractivity (Wildman–Crippen MR) is 87.3 cm³/mol. The van der Waals surface area contributed by atoms with E-state index in [1.54, 1.807) is 0 Å². The number of hydrogen-bond donors (Lipinski definition) is 0. The first-order valence-electron chi connectivity index (χ1n) is 8.60. The summed E-state index contributed by atoms with van der Waals surface area (Å²) in [6.45, 7) is 4.34. The highest BCUT2D eigenvalue weighted by Gasteiger charge is 2.24. The highest BCUT2D eigenvalue weighted by atomic mass is 15.3. The van der Waals surface area contributed by atoms with E-state index in [2.05, 4.69) is 43.9 Å². The average molecular weight is 296 g/mol. The topological polar surface area (TPSA) is 34.0 Å². The molecule has 0 amide bonds. The van der Waals surface area contributed by atoms with Crippen molar-refractivity contribution in [2.45, 2.75) is 45.2 Å². The Balaban J connectivity index is 1.47. The molecule has 2 aliphatic rings. The highest BCUT2D eigenvalue weighted by Crippen LogP contribution is 2.26. The Labute approximate surface area is 132 Å². The Morgan fingerprint density at radius 2 is 1.77 bits per heavy atom. The van der Waals surface area contributed by atoms with Gasteiger partial charge in [-0.1, -0.05) is 49.6 Å². The molecule has 0 bridgehead atoms. The maximum Gasteiger partial charge on any atom is 0.164 e.